The second kappa shape index (κ2) is 8.48. The Balaban J connectivity index is 2.44. The van der Waals surface area contributed by atoms with E-state index in [0.29, 0.717) is 43.6 Å². The Bertz CT molecular complexity index is 662. The Morgan fingerprint density at radius 1 is 1.26 bits per heavy atom. The molecule has 2 heterocycles. The average Bonchev–Trinajstić information content (AvgIpc) is 3.09. The molecule has 122 valence electrons. The van der Waals surface area contributed by atoms with Gasteiger partial charge in [-0.15, -0.1) is 4.98 Å². The van der Waals surface area contributed by atoms with Crippen LogP contribution in [-0.4, -0.2) is 50.5 Å². The molecule has 0 fully saturated rings. The van der Waals surface area contributed by atoms with Crippen LogP contribution in [0.2, 0.25) is 5.15 Å². The van der Waals surface area contributed by atoms with Crippen LogP contribution in [0.5, 0.6) is 0 Å². The third-order valence-corrected chi connectivity index (χ3v) is 3.37. The van der Waals surface area contributed by atoms with Gasteiger partial charge in [0, 0.05) is 27.3 Å². The lowest BCUT2D eigenvalue weighted by Crippen LogP contribution is -2.31. The molecule has 0 aliphatic carbocycles. The topological polar surface area (TPSA) is 65.0 Å². The SMILES string of the molecule is [C-]#[N+]c1nc(Cl)c(-c2ccco2)nc1N(CCOC)CCOC. The predicted octanol–water partition coefficient (Wildman–Crippen LogP) is 3.04. The lowest BCUT2D eigenvalue weighted by atomic mass is 10.3. The van der Waals surface area contributed by atoms with Gasteiger partial charge in [0.05, 0.1) is 19.5 Å². The number of anilines is 1. The minimum atomic E-state index is 0.133. The normalized spacial score (nSPS) is 10.5. The van der Waals surface area contributed by atoms with Crippen molar-refractivity contribution >= 4 is 23.2 Å². The molecule has 0 spiro atoms. The van der Waals surface area contributed by atoms with E-state index >= 15 is 0 Å². The molecule has 0 aliphatic heterocycles. The van der Waals surface area contributed by atoms with Gasteiger partial charge in [-0.25, -0.2) is 4.98 Å². The number of nitrogens with zero attached hydrogens (tertiary/aromatic N) is 4. The lowest BCUT2D eigenvalue weighted by molar-refractivity contribution is 0.190. The first-order chi connectivity index (χ1) is 11.2. The van der Waals surface area contributed by atoms with E-state index in [2.05, 4.69) is 14.8 Å². The monoisotopic (exact) mass is 336 g/mol. The maximum atomic E-state index is 7.32. The Morgan fingerprint density at radius 3 is 2.48 bits per heavy atom. The largest absolute Gasteiger partial charge is 0.463 e. The Labute approximate surface area is 139 Å². The van der Waals surface area contributed by atoms with Gasteiger partial charge >= 0.3 is 5.82 Å². The number of methoxy groups -OCH3 is 2. The standard InChI is InChI=1S/C15H17ClN4O3/c1-17-14-15(20(6-9-21-2)7-10-22-3)18-12(13(16)19-14)11-5-4-8-23-11/h4-5,8H,6-7,9-10H2,2-3H3. The lowest BCUT2D eigenvalue weighted by Gasteiger charge is -2.24. The number of halogens is 1. The quantitative estimate of drug-likeness (QED) is 0.690. The van der Waals surface area contributed by atoms with Crippen LogP contribution in [0.25, 0.3) is 16.3 Å². The third-order valence-electron chi connectivity index (χ3n) is 3.11. The number of furan rings is 1. The summed E-state index contributed by atoms with van der Waals surface area (Å²) in [5.74, 6) is 1.07. The minimum absolute atomic E-state index is 0.133. The predicted molar refractivity (Wildman–Crippen MR) is 87.0 cm³/mol. The number of hydrogen-bond donors (Lipinski definition) is 0. The zero-order chi connectivity index (χ0) is 16.7. The van der Waals surface area contributed by atoms with Crippen molar-refractivity contribution in [1.29, 1.82) is 0 Å². The highest BCUT2D eigenvalue weighted by atomic mass is 35.5. The average molecular weight is 337 g/mol. The van der Waals surface area contributed by atoms with Crippen molar-refractivity contribution in [3.8, 4) is 11.5 Å². The van der Waals surface area contributed by atoms with Crippen LogP contribution in [0.3, 0.4) is 0 Å². The molecule has 7 nitrogen and oxygen atoms in total. The van der Waals surface area contributed by atoms with E-state index in [-0.39, 0.29) is 11.0 Å². The van der Waals surface area contributed by atoms with Crippen LogP contribution in [0, 0.1) is 6.57 Å². The summed E-state index contributed by atoms with van der Waals surface area (Å²) >= 11 is 6.14. The van der Waals surface area contributed by atoms with Crippen LogP contribution in [0.4, 0.5) is 11.6 Å². The summed E-state index contributed by atoms with van der Waals surface area (Å²) in [6, 6.07) is 3.48. The molecule has 0 amide bonds. The summed E-state index contributed by atoms with van der Waals surface area (Å²) in [4.78, 5) is 14.0. The van der Waals surface area contributed by atoms with Crippen molar-refractivity contribution in [3.05, 3.63) is 35.0 Å². The molecule has 0 atom stereocenters. The van der Waals surface area contributed by atoms with Crippen molar-refractivity contribution in [2.75, 3.05) is 45.4 Å². The maximum absolute atomic E-state index is 7.32. The van der Waals surface area contributed by atoms with E-state index < -0.39 is 0 Å². The zero-order valence-corrected chi connectivity index (χ0v) is 13.7. The van der Waals surface area contributed by atoms with E-state index in [1.807, 2.05) is 4.90 Å². The fourth-order valence-corrected chi connectivity index (χ4v) is 2.20. The van der Waals surface area contributed by atoms with Gasteiger partial charge in [-0.2, -0.15) is 0 Å². The highest BCUT2D eigenvalue weighted by Gasteiger charge is 2.21. The molecule has 2 aromatic heterocycles. The molecule has 23 heavy (non-hydrogen) atoms. The van der Waals surface area contributed by atoms with Crippen molar-refractivity contribution in [2.24, 2.45) is 0 Å². The molecule has 0 aromatic carbocycles. The summed E-state index contributed by atoms with van der Waals surface area (Å²) in [6.07, 6.45) is 1.53. The highest BCUT2D eigenvalue weighted by molar-refractivity contribution is 6.31. The van der Waals surface area contributed by atoms with E-state index in [1.165, 1.54) is 6.26 Å². The molecule has 0 saturated carbocycles. The second-order valence-corrected chi connectivity index (χ2v) is 4.93. The number of aromatic nitrogens is 2. The zero-order valence-electron chi connectivity index (χ0n) is 13.0. The Hall–Kier alpha value is -2.14. The fourth-order valence-electron chi connectivity index (χ4n) is 1.98. The van der Waals surface area contributed by atoms with E-state index in [4.69, 9.17) is 32.1 Å². The van der Waals surface area contributed by atoms with Crippen molar-refractivity contribution in [2.45, 2.75) is 0 Å². The summed E-state index contributed by atoms with van der Waals surface area (Å²) in [7, 11) is 3.23. The van der Waals surface area contributed by atoms with Crippen molar-refractivity contribution in [1.82, 2.24) is 9.97 Å². The van der Waals surface area contributed by atoms with Crippen LogP contribution in [0.15, 0.2) is 22.8 Å². The highest BCUT2D eigenvalue weighted by Crippen LogP contribution is 2.33. The van der Waals surface area contributed by atoms with Crippen molar-refractivity contribution in [3.63, 3.8) is 0 Å². The Kier molecular flexibility index (Phi) is 6.35. The molecule has 8 heteroatoms. The molecular weight excluding hydrogens is 320 g/mol. The number of rotatable bonds is 8. The minimum Gasteiger partial charge on any atom is -0.463 e. The van der Waals surface area contributed by atoms with Crippen LogP contribution < -0.4 is 4.90 Å². The summed E-state index contributed by atoms with van der Waals surface area (Å²) in [6.45, 7) is 9.40. The number of hydrogen-bond acceptors (Lipinski definition) is 6. The fraction of sp³-hybridized carbons (Fsp3) is 0.400. The van der Waals surface area contributed by atoms with Gasteiger partial charge in [-0.05, 0) is 23.7 Å². The first-order valence-corrected chi connectivity index (χ1v) is 7.30. The summed E-state index contributed by atoms with van der Waals surface area (Å²) in [5.41, 5.74) is 0.402. The molecule has 2 aromatic rings. The van der Waals surface area contributed by atoms with Gasteiger partial charge in [-0.1, -0.05) is 6.57 Å². The van der Waals surface area contributed by atoms with Gasteiger partial charge < -0.3 is 23.6 Å². The molecule has 0 bridgehead atoms. The molecule has 0 radical (unpaired) electrons. The number of ether oxygens (including phenoxy) is 2. The smallest absolute Gasteiger partial charge is 0.313 e. The van der Waals surface area contributed by atoms with Gasteiger partial charge in [0.15, 0.2) is 17.3 Å². The van der Waals surface area contributed by atoms with E-state index in [0.717, 1.165) is 0 Å². The first kappa shape index (κ1) is 17.2. The molecule has 2 rings (SSSR count). The van der Waals surface area contributed by atoms with E-state index in [9.17, 15) is 0 Å². The van der Waals surface area contributed by atoms with Gasteiger partial charge in [-0.3, -0.25) is 0 Å². The summed E-state index contributed by atoms with van der Waals surface area (Å²) < 4.78 is 15.6. The molecule has 0 unspecified atom stereocenters. The van der Waals surface area contributed by atoms with Crippen LogP contribution in [0.1, 0.15) is 0 Å². The second-order valence-electron chi connectivity index (χ2n) is 4.57. The molecular formula is C15H17ClN4O3. The third kappa shape index (κ3) is 4.20. The van der Waals surface area contributed by atoms with Gasteiger partial charge in [0.25, 0.3) is 5.15 Å². The molecule has 0 N–H and O–H groups in total. The molecule has 0 aliphatic rings. The van der Waals surface area contributed by atoms with Gasteiger partial charge in [0.2, 0.25) is 0 Å². The summed E-state index contributed by atoms with van der Waals surface area (Å²) in [5, 5.41) is 0.133. The maximum Gasteiger partial charge on any atom is 0.313 e. The molecule has 0 saturated heterocycles. The first-order valence-electron chi connectivity index (χ1n) is 6.93. The van der Waals surface area contributed by atoms with Crippen LogP contribution in [-0.2, 0) is 9.47 Å². The Morgan fingerprint density at radius 2 is 1.96 bits per heavy atom. The van der Waals surface area contributed by atoms with Crippen LogP contribution >= 0.6 is 11.6 Å². The van der Waals surface area contributed by atoms with Crippen molar-refractivity contribution < 1.29 is 13.9 Å². The van der Waals surface area contributed by atoms with Gasteiger partial charge in [0.1, 0.15) is 0 Å². The van der Waals surface area contributed by atoms with E-state index in [1.54, 1.807) is 26.4 Å².